The Kier molecular flexibility index (Phi) is 6.10. The van der Waals surface area contributed by atoms with Gasteiger partial charge in [0.1, 0.15) is 5.75 Å². The fourth-order valence-electron chi connectivity index (χ4n) is 2.00. The summed E-state index contributed by atoms with van der Waals surface area (Å²) in [5.74, 6) is 0.675. The van der Waals surface area contributed by atoms with Crippen LogP contribution in [-0.2, 0) is 6.54 Å². The maximum atomic E-state index is 12.4. The fourth-order valence-corrected chi connectivity index (χ4v) is 3.10. The molecule has 0 fully saturated rings. The first-order chi connectivity index (χ1) is 10.6. The van der Waals surface area contributed by atoms with Gasteiger partial charge in [-0.25, -0.2) is 4.79 Å². The Balaban J connectivity index is 2.06. The predicted octanol–water partition coefficient (Wildman–Crippen LogP) is 4.85. The van der Waals surface area contributed by atoms with Gasteiger partial charge in [0.2, 0.25) is 0 Å². The van der Waals surface area contributed by atoms with Crippen molar-refractivity contribution >= 4 is 34.7 Å². The molecule has 1 aromatic heterocycles. The zero-order chi connectivity index (χ0) is 15.9. The van der Waals surface area contributed by atoms with Gasteiger partial charge in [0.25, 0.3) is 0 Å². The normalized spacial score (nSPS) is 10.3. The van der Waals surface area contributed by atoms with Crippen LogP contribution in [0.25, 0.3) is 0 Å². The van der Waals surface area contributed by atoms with Crippen molar-refractivity contribution in [1.82, 2.24) is 4.90 Å². The van der Waals surface area contributed by atoms with Gasteiger partial charge in [-0.3, -0.25) is 0 Å². The van der Waals surface area contributed by atoms with Gasteiger partial charge in [-0.2, -0.15) is 0 Å². The number of benzene rings is 1. The van der Waals surface area contributed by atoms with Crippen LogP contribution in [0, 0.1) is 0 Å². The number of carbonyl (C=O) groups is 1. The van der Waals surface area contributed by atoms with Gasteiger partial charge >= 0.3 is 6.03 Å². The molecule has 0 aliphatic rings. The molecule has 1 aromatic carbocycles. The fraction of sp³-hybridized carbons (Fsp3) is 0.312. The zero-order valence-corrected chi connectivity index (χ0v) is 14.2. The molecule has 0 aliphatic heterocycles. The molecule has 0 radical (unpaired) electrons. The topological polar surface area (TPSA) is 41.6 Å². The number of amides is 2. The maximum absolute atomic E-state index is 12.4. The average molecular weight is 339 g/mol. The SMILES string of the molecule is CCOc1ccccc1NC(=O)N(CC)Cc1ccc(Cl)s1. The number of urea groups is 1. The van der Waals surface area contributed by atoms with Crippen molar-refractivity contribution in [2.45, 2.75) is 20.4 Å². The van der Waals surface area contributed by atoms with E-state index < -0.39 is 0 Å². The van der Waals surface area contributed by atoms with E-state index in [0.29, 0.717) is 31.1 Å². The van der Waals surface area contributed by atoms with E-state index in [1.807, 2.05) is 50.2 Å². The molecule has 22 heavy (non-hydrogen) atoms. The molecule has 4 nitrogen and oxygen atoms in total. The summed E-state index contributed by atoms with van der Waals surface area (Å²) in [6.45, 7) is 5.56. The van der Waals surface area contributed by atoms with Crippen LogP contribution in [-0.4, -0.2) is 24.1 Å². The first kappa shape index (κ1) is 16.6. The van der Waals surface area contributed by atoms with Gasteiger partial charge in [-0.15, -0.1) is 11.3 Å². The predicted molar refractivity (Wildman–Crippen MR) is 92.0 cm³/mol. The molecular formula is C16H19ClN2O2S. The maximum Gasteiger partial charge on any atom is 0.322 e. The van der Waals surface area contributed by atoms with E-state index in [4.69, 9.17) is 16.3 Å². The summed E-state index contributed by atoms with van der Waals surface area (Å²) < 4.78 is 6.25. The molecule has 0 aliphatic carbocycles. The van der Waals surface area contributed by atoms with E-state index in [1.54, 1.807) is 4.90 Å². The van der Waals surface area contributed by atoms with E-state index in [-0.39, 0.29) is 6.03 Å². The first-order valence-corrected chi connectivity index (χ1v) is 8.35. The summed E-state index contributed by atoms with van der Waals surface area (Å²) in [7, 11) is 0. The molecule has 1 heterocycles. The molecule has 0 unspecified atom stereocenters. The van der Waals surface area contributed by atoms with Gasteiger partial charge in [-0.1, -0.05) is 23.7 Å². The molecule has 2 amide bonds. The molecule has 118 valence electrons. The van der Waals surface area contributed by atoms with Gasteiger partial charge in [-0.05, 0) is 38.1 Å². The summed E-state index contributed by atoms with van der Waals surface area (Å²) in [4.78, 5) is 15.2. The van der Waals surface area contributed by atoms with E-state index in [1.165, 1.54) is 11.3 Å². The Morgan fingerprint density at radius 3 is 2.68 bits per heavy atom. The Morgan fingerprint density at radius 2 is 2.05 bits per heavy atom. The van der Waals surface area contributed by atoms with E-state index in [9.17, 15) is 4.79 Å². The lowest BCUT2D eigenvalue weighted by atomic mass is 10.3. The smallest absolute Gasteiger partial charge is 0.322 e. The zero-order valence-electron chi connectivity index (χ0n) is 12.6. The summed E-state index contributed by atoms with van der Waals surface area (Å²) in [6, 6.07) is 11.1. The number of rotatable bonds is 6. The first-order valence-electron chi connectivity index (χ1n) is 7.16. The molecule has 0 saturated carbocycles. The van der Waals surface area contributed by atoms with Gasteiger partial charge in [0, 0.05) is 11.4 Å². The lowest BCUT2D eigenvalue weighted by Gasteiger charge is -2.21. The number of halogens is 1. The van der Waals surface area contributed by atoms with Crippen molar-refractivity contribution in [3.8, 4) is 5.75 Å². The van der Waals surface area contributed by atoms with Crippen molar-refractivity contribution in [2.75, 3.05) is 18.5 Å². The van der Waals surface area contributed by atoms with E-state index >= 15 is 0 Å². The van der Waals surface area contributed by atoms with Crippen LogP contribution in [0.2, 0.25) is 4.34 Å². The number of carbonyl (C=O) groups excluding carboxylic acids is 1. The highest BCUT2D eigenvalue weighted by molar-refractivity contribution is 7.16. The van der Waals surface area contributed by atoms with Crippen molar-refractivity contribution in [3.05, 3.63) is 45.6 Å². The quantitative estimate of drug-likeness (QED) is 0.817. The third-order valence-electron chi connectivity index (χ3n) is 3.07. The second-order valence-electron chi connectivity index (χ2n) is 4.58. The molecule has 0 atom stereocenters. The molecule has 0 saturated heterocycles. The van der Waals surface area contributed by atoms with Gasteiger partial charge < -0.3 is 15.0 Å². The minimum absolute atomic E-state index is 0.154. The average Bonchev–Trinajstić information content (AvgIpc) is 2.92. The molecule has 1 N–H and O–H groups in total. The summed E-state index contributed by atoms with van der Waals surface area (Å²) in [5.41, 5.74) is 0.678. The number of nitrogens with one attached hydrogen (secondary N) is 1. The standard InChI is InChI=1S/C16H19ClN2O2S/c1-3-19(11-12-9-10-15(17)22-12)16(20)18-13-7-5-6-8-14(13)21-4-2/h5-10H,3-4,11H2,1-2H3,(H,18,20). The van der Waals surface area contributed by atoms with E-state index in [2.05, 4.69) is 5.32 Å². The second kappa shape index (κ2) is 8.06. The summed E-state index contributed by atoms with van der Waals surface area (Å²) in [6.07, 6.45) is 0. The number of hydrogen-bond donors (Lipinski definition) is 1. The molecule has 2 aromatic rings. The molecule has 2 rings (SSSR count). The van der Waals surface area contributed by atoms with E-state index in [0.717, 1.165) is 9.21 Å². The Morgan fingerprint density at radius 1 is 1.27 bits per heavy atom. The third kappa shape index (κ3) is 4.39. The molecule has 6 heteroatoms. The van der Waals surface area contributed by atoms with Gasteiger partial charge in [0.15, 0.2) is 0 Å². The van der Waals surface area contributed by atoms with Crippen molar-refractivity contribution in [2.24, 2.45) is 0 Å². The van der Waals surface area contributed by atoms with Crippen molar-refractivity contribution in [3.63, 3.8) is 0 Å². The van der Waals surface area contributed by atoms with Crippen molar-refractivity contribution in [1.29, 1.82) is 0 Å². The van der Waals surface area contributed by atoms with Gasteiger partial charge in [0.05, 0.1) is 23.2 Å². The molecular weight excluding hydrogens is 320 g/mol. The highest BCUT2D eigenvalue weighted by atomic mass is 35.5. The number of nitrogens with zero attached hydrogens (tertiary/aromatic N) is 1. The van der Waals surface area contributed by atoms with Crippen LogP contribution in [0.4, 0.5) is 10.5 Å². The number of hydrogen-bond acceptors (Lipinski definition) is 3. The monoisotopic (exact) mass is 338 g/mol. The molecule has 0 bridgehead atoms. The number of para-hydroxylation sites is 2. The Bertz CT molecular complexity index is 630. The Labute approximate surface area is 139 Å². The summed E-state index contributed by atoms with van der Waals surface area (Å²) in [5, 5.41) is 2.91. The second-order valence-corrected chi connectivity index (χ2v) is 6.38. The number of anilines is 1. The van der Waals surface area contributed by atoms with Crippen LogP contribution >= 0.6 is 22.9 Å². The highest BCUT2D eigenvalue weighted by Gasteiger charge is 2.15. The van der Waals surface area contributed by atoms with Crippen LogP contribution < -0.4 is 10.1 Å². The number of thiophene rings is 1. The van der Waals surface area contributed by atoms with Crippen LogP contribution in [0.15, 0.2) is 36.4 Å². The minimum atomic E-state index is -0.154. The van der Waals surface area contributed by atoms with Crippen LogP contribution in [0.3, 0.4) is 0 Å². The van der Waals surface area contributed by atoms with Crippen LogP contribution in [0.5, 0.6) is 5.75 Å². The minimum Gasteiger partial charge on any atom is -0.492 e. The highest BCUT2D eigenvalue weighted by Crippen LogP contribution is 2.25. The van der Waals surface area contributed by atoms with Crippen LogP contribution in [0.1, 0.15) is 18.7 Å². The number of ether oxygens (including phenoxy) is 1. The lowest BCUT2D eigenvalue weighted by molar-refractivity contribution is 0.212. The third-order valence-corrected chi connectivity index (χ3v) is 4.29. The largest absolute Gasteiger partial charge is 0.492 e. The Hall–Kier alpha value is -1.72. The lowest BCUT2D eigenvalue weighted by Crippen LogP contribution is -2.34. The summed E-state index contributed by atoms with van der Waals surface area (Å²) >= 11 is 7.42. The van der Waals surface area contributed by atoms with Crippen molar-refractivity contribution < 1.29 is 9.53 Å². The molecule has 0 spiro atoms.